The number of thiophene rings is 1. The highest BCUT2D eigenvalue weighted by atomic mass is 32.1. The molecule has 0 saturated heterocycles. The molecule has 40 heavy (non-hydrogen) atoms. The summed E-state index contributed by atoms with van der Waals surface area (Å²) in [5, 5.41) is 5.98. The average molecular weight is 534 g/mol. The first-order valence-corrected chi connectivity index (χ1v) is 14.7. The fourth-order valence-electron chi connectivity index (χ4n) is 6.35. The monoisotopic (exact) mass is 533 g/mol. The second-order valence-electron chi connectivity index (χ2n) is 11.1. The standard InChI is InChI=1S/C36H27N3S/c1-36(2)28-15-9-14-27-26-18-16-24(17-19-32(26)39(34(27)28)33-22-40-21-29(33)36)31-20-30(23-10-5-3-6-11-23)37-35(38-31)25-12-7-4-8-13-25/h3-17,19-22H,18H2,1-2H3. The van der Waals surface area contributed by atoms with Crippen LogP contribution in [0, 0.1) is 0 Å². The maximum Gasteiger partial charge on any atom is 0.160 e. The Morgan fingerprint density at radius 1 is 0.750 bits per heavy atom. The van der Waals surface area contributed by atoms with E-state index in [9.17, 15) is 0 Å². The maximum atomic E-state index is 5.08. The van der Waals surface area contributed by atoms with Gasteiger partial charge in [-0.05, 0) is 46.2 Å². The molecule has 4 heterocycles. The fourth-order valence-corrected chi connectivity index (χ4v) is 7.33. The van der Waals surface area contributed by atoms with Crippen molar-refractivity contribution in [3.8, 4) is 28.3 Å². The third kappa shape index (κ3) is 3.42. The van der Waals surface area contributed by atoms with Gasteiger partial charge in [-0.1, -0.05) is 105 Å². The number of fused-ring (bicyclic) bond motifs is 5. The Labute approximate surface area is 237 Å². The summed E-state index contributed by atoms with van der Waals surface area (Å²) in [6.45, 7) is 4.71. The van der Waals surface area contributed by atoms with Crippen molar-refractivity contribution in [1.82, 2.24) is 14.5 Å². The predicted molar refractivity (Wildman–Crippen MR) is 167 cm³/mol. The van der Waals surface area contributed by atoms with E-state index in [1.165, 1.54) is 39.0 Å². The summed E-state index contributed by atoms with van der Waals surface area (Å²) in [6, 6.07) is 29.6. The molecule has 0 saturated carbocycles. The van der Waals surface area contributed by atoms with Crippen molar-refractivity contribution in [2.45, 2.75) is 25.7 Å². The van der Waals surface area contributed by atoms with E-state index in [-0.39, 0.29) is 5.41 Å². The lowest BCUT2D eigenvalue weighted by Gasteiger charge is -2.32. The van der Waals surface area contributed by atoms with Gasteiger partial charge in [-0.2, -0.15) is 0 Å². The second kappa shape index (κ2) is 8.73. The molecule has 2 aliphatic rings. The van der Waals surface area contributed by atoms with E-state index >= 15 is 0 Å². The largest absolute Gasteiger partial charge is 0.308 e. The second-order valence-corrected chi connectivity index (χ2v) is 11.8. The van der Waals surface area contributed by atoms with Crippen molar-refractivity contribution >= 4 is 33.9 Å². The number of benzene rings is 3. The van der Waals surface area contributed by atoms with Crippen molar-refractivity contribution < 1.29 is 0 Å². The molecular weight excluding hydrogens is 506 g/mol. The SMILES string of the molecule is CC1(C)c2cscc2-n2c3c(c4cccc1c42)CC=C(c1cc(-c2ccccc2)nc(-c2ccccc2)n1)C=C3. The first kappa shape index (κ1) is 23.4. The molecule has 3 aromatic carbocycles. The van der Waals surface area contributed by atoms with E-state index in [0.717, 1.165) is 40.3 Å². The molecular formula is C36H27N3S. The molecule has 0 bridgehead atoms. The zero-order valence-corrected chi connectivity index (χ0v) is 23.2. The van der Waals surface area contributed by atoms with Gasteiger partial charge < -0.3 is 4.57 Å². The van der Waals surface area contributed by atoms with Gasteiger partial charge in [-0.25, -0.2) is 9.97 Å². The van der Waals surface area contributed by atoms with Crippen LogP contribution in [-0.4, -0.2) is 14.5 Å². The van der Waals surface area contributed by atoms with Gasteiger partial charge in [0.15, 0.2) is 5.82 Å². The van der Waals surface area contributed by atoms with Crippen LogP contribution in [0.25, 0.3) is 50.9 Å². The van der Waals surface area contributed by atoms with E-state index in [1.54, 1.807) is 11.3 Å². The summed E-state index contributed by atoms with van der Waals surface area (Å²) in [5.74, 6) is 0.743. The highest BCUT2D eigenvalue weighted by Crippen LogP contribution is 2.48. The van der Waals surface area contributed by atoms with Crippen LogP contribution in [0.15, 0.2) is 108 Å². The van der Waals surface area contributed by atoms with Crippen LogP contribution < -0.4 is 0 Å². The Bertz CT molecular complexity index is 1930. The third-order valence-corrected chi connectivity index (χ3v) is 9.17. The molecule has 1 aliphatic carbocycles. The average Bonchev–Trinajstić information content (AvgIpc) is 3.54. The van der Waals surface area contributed by atoms with Crippen molar-refractivity contribution in [2.24, 2.45) is 0 Å². The molecule has 3 nitrogen and oxygen atoms in total. The van der Waals surface area contributed by atoms with Gasteiger partial charge in [0, 0.05) is 27.3 Å². The highest BCUT2D eigenvalue weighted by molar-refractivity contribution is 7.08. The predicted octanol–water partition coefficient (Wildman–Crippen LogP) is 9.11. The fraction of sp³-hybridized carbons (Fsp3) is 0.111. The Hall–Kier alpha value is -4.54. The van der Waals surface area contributed by atoms with Crippen molar-refractivity contribution in [1.29, 1.82) is 0 Å². The van der Waals surface area contributed by atoms with Gasteiger partial charge in [0.2, 0.25) is 0 Å². The van der Waals surface area contributed by atoms with Crippen LogP contribution in [0.5, 0.6) is 0 Å². The molecule has 0 radical (unpaired) electrons. The summed E-state index contributed by atoms with van der Waals surface area (Å²) in [6.07, 6.45) is 7.72. The molecule has 192 valence electrons. The van der Waals surface area contributed by atoms with E-state index in [1.807, 2.05) is 24.3 Å². The first-order valence-electron chi connectivity index (χ1n) is 13.7. The quantitative estimate of drug-likeness (QED) is 0.227. The minimum Gasteiger partial charge on any atom is -0.308 e. The summed E-state index contributed by atoms with van der Waals surface area (Å²) in [4.78, 5) is 10.1. The Kier molecular flexibility index (Phi) is 5.10. The number of nitrogens with zero attached hydrogens (tertiary/aromatic N) is 3. The Morgan fingerprint density at radius 3 is 2.30 bits per heavy atom. The highest BCUT2D eigenvalue weighted by Gasteiger charge is 2.36. The molecule has 0 spiro atoms. The lowest BCUT2D eigenvalue weighted by molar-refractivity contribution is 0.631. The summed E-state index contributed by atoms with van der Waals surface area (Å²) in [5.41, 5.74) is 13.2. The number of rotatable bonds is 3. The van der Waals surface area contributed by atoms with Crippen molar-refractivity contribution in [3.05, 3.63) is 136 Å². The molecule has 0 unspecified atom stereocenters. The van der Waals surface area contributed by atoms with Crippen LogP contribution in [-0.2, 0) is 11.8 Å². The van der Waals surface area contributed by atoms with Crippen molar-refractivity contribution in [3.63, 3.8) is 0 Å². The number of hydrogen-bond donors (Lipinski definition) is 0. The number of para-hydroxylation sites is 1. The molecule has 1 aliphatic heterocycles. The van der Waals surface area contributed by atoms with Crippen molar-refractivity contribution in [2.75, 3.05) is 0 Å². The lowest BCUT2D eigenvalue weighted by Crippen LogP contribution is -2.25. The van der Waals surface area contributed by atoms with E-state index in [4.69, 9.17) is 9.97 Å². The van der Waals surface area contributed by atoms with Gasteiger partial charge in [-0.3, -0.25) is 0 Å². The normalized spacial score (nSPS) is 14.9. The zero-order chi connectivity index (χ0) is 26.8. The molecule has 0 N–H and O–H groups in total. The van der Waals surface area contributed by atoms with E-state index in [2.05, 4.69) is 108 Å². The summed E-state index contributed by atoms with van der Waals surface area (Å²) >= 11 is 1.79. The third-order valence-electron chi connectivity index (χ3n) is 8.43. The number of allylic oxidation sites excluding steroid dienone is 3. The summed E-state index contributed by atoms with van der Waals surface area (Å²) in [7, 11) is 0. The Morgan fingerprint density at radius 2 is 1.50 bits per heavy atom. The van der Waals surface area contributed by atoms with E-state index in [0.29, 0.717) is 0 Å². The van der Waals surface area contributed by atoms with Gasteiger partial charge in [0.25, 0.3) is 0 Å². The molecule has 8 rings (SSSR count). The van der Waals surface area contributed by atoms with Gasteiger partial charge in [-0.15, -0.1) is 11.3 Å². The maximum absolute atomic E-state index is 5.08. The molecule has 0 fully saturated rings. The number of aromatic nitrogens is 3. The van der Waals surface area contributed by atoms with Gasteiger partial charge in [0.1, 0.15) is 0 Å². The first-order chi connectivity index (χ1) is 19.6. The smallest absolute Gasteiger partial charge is 0.160 e. The Balaban J connectivity index is 1.30. The minimum absolute atomic E-state index is 0.0186. The number of hydrogen-bond acceptors (Lipinski definition) is 3. The zero-order valence-electron chi connectivity index (χ0n) is 22.4. The van der Waals surface area contributed by atoms with Gasteiger partial charge in [0.05, 0.1) is 28.3 Å². The molecule has 4 heteroatoms. The van der Waals surface area contributed by atoms with Crippen LogP contribution in [0.4, 0.5) is 0 Å². The van der Waals surface area contributed by atoms with Crippen LogP contribution in [0.1, 0.15) is 41.9 Å². The van der Waals surface area contributed by atoms with Crippen LogP contribution in [0.3, 0.4) is 0 Å². The molecule has 6 aromatic rings. The van der Waals surface area contributed by atoms with Crippen LogP contribution in [0.2, 0.25) is 0 Å². The molecule has 0 atom stereocenters. The van der Waals surface area contributed by atoms with E-state index < -0.39 is 0 Å². The molecule has 0 amide bonds. The van der Waals surface area contributed by atoms with Crippen LogP contribution >= 0.6 is 11.3 Å². The topological polar surface area (TPSA) is 30.7 Å². The summed E-state index contributed by atoms with van der Waals surface area (Å²) < 4.78 is 2.50. The minimum atomic E-state index is -0.0186. The van der Waals surface area contributed by atoms with Gasteiger partial charge >= 0.3 is 0 Å². The lowest BCUT2D eigenvalue weighted by atomic mass is 9.76. The molecule has 3 aromatic heterocycles.